The molecule has 6 heteroatoms. The Balaban J connectivity index is 1.80. The lowest BCUT2D eigenvalue weighted by Crippen LogP contribution is -2.41. The van der Waals surface area contributed by atoms with Gasteiger partial charge in [-0.05, 0) is 44.1 Å². The Bertz CT molecular complexity index is 385. The molecule has 112 valence electrons. The van der Waals surface area contributed by atoms with Gasteiger partial charge in [-0.2, -0.15) is 0 Å². The molecule has 0 aromatic heterocycles. The normalized spacial score (nSPS) is 33.7. The van der Waals surface area contributed by atoms with Gasteiger partial charge in [0.1, 0.15) is 0 Å². The molecule has 1 heterocycles. The highest BCUT2D eigenvalue weighted by atomic mass is 32.2. The van der Waals surface area contributed by atoms with Gasteiger partial charge in [0.25, 0.3) is 0 Å². The highest BCUT2D eigenvalue weighted by molar-refractivity contribution is 7.88. The average molecular weight is 290 g/mol. The van der Waals surface area contributed by atoms with Crippen LogP contribution in [0.4, 0.5) is 0 Å². The van der Waals surface area contributed by atoms with Crippen LogP contribution in [0.3, 0.4) is 0 Å². The summed E-state index contributed by atoms with van der Waals surface area (Å²) in [5.74, 6) is 0.831. The van der Waals surface area contributed by atoms with E-state index >= 15 is 0 Å². The fourth-order valence-corrected chi connectivity index (χ4v) is 4.16. The van der Waals surface area contributed by atoms with Crippen molar-refractivity contribution in [1.82, 2.24) is 4.31 Å². The SMILES string of the molecule is CS(=O)(=O)N1CCCC(COC2CCCC2CN)C1. The molecule has 0 aromatic rings. The van der Waals surface area contributed by atoms with Crippen LogP contribution in [0.1, 0.15) is 32.1 Å². The van der Waals surface area contributed by atoms with Gasteiger partial charge >= 0.3 is 0 Å². The van der Waals surface area contributed by atoms with Crippen LogP contribution in [0.2, 0.25) is 0 Å². The third-order valence-electron chi connectivity index (χ3n) is 4.39. The number of nitrogens with two attached hydrogens (primary N) is 1. The molecular weight excluding hydrogens is 264 g/mol. The lowest BCUT2D eigenvalue weighted by atomic mass is 10.0. The zero-order valence-corrected chi connectivity index (χ0v) is 12.6. The summed E-state index contributed by atoms with van der Waals surface area (Å²) in [6.07, 6.45) is 7.05. The van der Waals surface area contributed by atoms with Crippen LogP contribution >= 0.6 is 0 Å². The zero-order chi connectivity index (χ0) is 13.9. The minimum atomic E-state index is -3.05. The molecule has 1 aliphatic carbocycles. The van der Waals surface area contributed by atoms with Crippen molar-refractivity contribution < 1.29 is 13.2 Å². The second kappa shape index (κ2) is 6.52. The summed E-state index contributed by atoms with van der Waals surface area (Å²) < 4.78 is 30.7. The summed E-state index contributed by atoms with van der Waals surface area (Å²) in [7, 11) is -3.05. The third-order valence-corrected chi connectivity index (χ3v) is 5.66. The molecular formula is C13H26N2O3S. The number of rotatable bonds is 5. The first-order valence-electron chi connectivity index (χ1n) is 7.27. The Hall–Kier alpha value is -0.170. The molecule has 3 atom stereocenters. The Morgan fingerprint density at radius 1 is 1.26 bits per heavy atom. The molecule has 2 aliphatic rings. The molecule has 5 nitrogen and oxygen atoms in total. The minimum absolute atomic E-state index is 0.290. The average Bonchev–Trinajstić information content (AvgIpc) is 2.83. The van der Waals surface area contributed by atoms with Crippen LogP contribution in [-0.4, -0.2) is 51.3 Å². The Morgan fingerprint density at radius 2 is 2.05 bits per heavy atom. The number of hydrogen-bond donors (Lipinski definition) is 1. The molecule has 2 fully saturated rings. The van der Waals surface area contributed by atoms with Gasteiger partial charge in [-0.15, -0.1) is 0 Å². The quantitative estimate of drug-likeness (QED) is 0.813. The van der Waals surface area contributed by atoms with Crippen LogP contribution in [-0.2, 0) is 14.8 Å². The van der Waals surface area contributed by atoms with E-state index < -0.39 is 10.0 Å². The molecule has 19 heavy (non-hydrogen) atoms. The van der Waals surface area contributed by atoms with Crippen LogP contribution in [0.25, 0.3) is 0 Å². The first kappa shape index (κ1) is 15.2. The van der Waals surface area contributed by atoms with E-state index in [2.05, 4.69) is 0 Å². The second-order valence-corrected chi connectivity index (χ2v) is 7.91. The van der Waals surface area contributed by atoms with Crippen molar-refractivity contribution in [2.45, 2.75) is 38.2 Å². The number of ether oxygens (including phenoxy) is 1. The van der Waals surface area contributed by atoms with Gasteiger partial charge < -0.3 is 10.5 Å². The van der Waals surface area contributed by atoms with Crippen molar-refractivity contribution in [2.24, 2.45) is 17.6 Å². The molecule has 0 spiro atoms. The smallest absolute Gasteiger partial charge is 0.211 e. The third kappa shape index (κ3) is 4.15. The number of piperidine rings is 1. The molecule has 0 aromatic carbocycles. The van der Waals surface area contributed by atoms with Gasteiger partial charge in [0.05, 0.1) is 19.0 Å². The molecule has 0 radical (unpaired) electrons. The van der Waals surface area contributed by atoms with E-state index in [-0.39, 0.29) is 0 Å². The number of nitrogens with zero attached hydrogens (tertiary/aromatic N) is 1. The van der Waals surface area contributed by atoms with E-state index in [9.17, 15) is 8.42 Å². The molecule has 2 N–H and O–H groups in total. The largest absolute Gasteiger partial charge is 0.378 e. The standard InChI is InChI=1S/C13H26N2O3S/c1-19(16,17)15-7-3-4-11(9-15)10-18-13-6-2-5-12(13)8-14/h11-13H,2-10,14H2,1H3. The van der Waals surface area contributed by atoms with E-state index in [1.165, 1.54) is 19.1 Å². The lowest BCUT2D eigenvalue weighted by Gasteiger charge is -2.32. The van der Waals surface area contributed by atoms with Crippen LogP contribution in [0.5, 0.6) is 0 Å². The molecule has 2 rings (SSSR count). The lowest BCUT2D eigenvalue weighted by molar-refractivity contribution is -0.000473. The fraction of sp³-hybridized carbons (Fsp3) is 1.00. The van der Waals surface area contributed by atoms with E-state index in [0.717, 1.165) is 19.3 Å². The van der Waals surface area contributed by atoms with Gasteiger partial charge in [-0.25, -0.2) is 12.7 Å². The van der Waals surface area contributed by atoms with Gasteiger partial charge in [0.15, 0.2) is 0 Å². The summed E-state index contributed by atoms with van der Waals surface area (Å²) in [6.45, 7) is 2.64. The zero-order valence-electron chi connectivity index (χ0n) is 11.8. The summed E-state index contributed by atoms with van der Waals surface area (Å²) >= 11 is 0. The summed E-state index contributed by atoms with van der Waals surface area (Å²) in [5, 5.41) is 0. The predicted octanol–water partition coefficient (Wildman–Crippen LogP) is 0.802. The van der Waals surface area contributed by atoms with E-state index in [1.54, 1.807) is 4.31 Å². The second-order valence-electron chi connectivity index (χ2n) is 5.93. The van der Waals surface area contributed by atoms with Crippen molar-refractivity contribution in [1.29, 1.82) is 0 Å². The Morgan fingerprint density at radius 3 is 2.74 bits per heavy atom. The first-order valence-corrected chi connectivity index (χ1v) is 9.12. The Kier molecular flexibility index (Phi) is 5.22. The van der Waals surface area contributed by atoms with Gasteiger partial charge in [0, 0.05) is 13.1 Å². The summed E-state index contributed by atoms with van der Waals surface area (Å²) in [5.41, 5.74) is 5.74. The van der Waals surface area contributed by atoms with Gasteiger partial charge in [-0.3, -0.25) is 0 Å². The maximum absolute atomic E-state index is 11.6. The maximum Gasteiger partial charge on any atom is 0.211 e. The monoisotopic (exact) mass is 290 g/mol. The van der Waals surface area contributed by atoms with Crippen molar-refractivity contribution in [3.8, 4) is 0 Å². The van der Waals surface area contributed by atoms with Crippen LogP contribution in [0, 0.1) is 11.8 Å². The van der Waals surface area contributed by atoms with Gasteiger partial charge in [0.2, 0.25) is 10.0 Å². The van der Waals surface area contributed by atoms with Crippen LogP contribution < -0.4 is 5.73 Å². The van der Waals surface area contributed by atoms with Crippen molar-refractivity contribution in [2.75, 3.05) is 32.5 Å². The molecule has 1 aliphatic heterocycles. The van der Waals surface area contributed by atoms with E-state index in [1.807, 2.05) is 0 Å². The van der Waals surface area contributed by atoms with Crippen LogP contribution in [0.15, 0.2) is 0 Å². The van der Waals surface area contributed by atoms with E-state index in [4.69, 9.17) is 10.5 Å². The first-order chi connectivity index (χ1) is 9.00. The topological polar surface area (TPSA) is 72.6 Å². The highest BCUT2D eigenvalue weighted by Crippen LogP contribution is 2.28. The predicted molar refractivity (Wildman–Crippen MR) is 75.3 cm³/mol. The maximum atomic E-state index is 11.6. The van der Waals surface area contributed by atoms with Crippen molar-refractivity contribution >= 4 is 10.0 Å². The number of sulfonamides is 1. The minimum Gasteiger partial charge on any atom is -0.378 e. The molecule has 0 amide bonds. The van der Waals surface area contributed by atoms with Crippen molar-refractivity contribution in [3.05, 3.63) is 0 Å². The molecule has 3 unspecified atom stereocenters. The number of hydrogen-bond acceptors (Lipinski definition) is 4. The fourth-order valence-electron chi connectivity index (χ4n) is 3.22. The van der Waals surface area contributed by atoms with Gasteiger partial charge in [-0.1, -0.05) is 6.42 Å². The molecule has 0 bridgehead atoms. The highest BCUT2D eigenvalue weighted by Gasteiger charge is 2.30. The summed E-state index contributed by atoms with van der Waals surface area (Å²) in [6, 6.07) is 0. The van der Waals surface area contributed by atoms with Crippen molar-refractivity contribution in [3.63, 3.8) is 0 Å². The van der Waals surface area contributed by atoms with E-state index in [0.29, 0.717) is 44.2 Å². The summed E-state index contributed by atoms with van der Waals surface area (Å²) in [4.78, 5) is 0. The molecule has 1 saturated carbocycles. The Labute approximate surface area is 116 Å². The molecule has 1 saturated heterocycles.